The number of benzene rings is 2. The number of hydrogen-bond donors (Lipinski definition) is 1. The van der Waals surface area contributed by atoms with Gasteiger partial charge in [0.05, 0.1) is 14.2 Å². The zero-order valence-corrected chi connectivity index (χ0v) is 16.1. The van der Waals surface area contributed by atoms with Gasteiger partial charge in [-0.15, -0.1) is 0 Å². The van der Waals surface area contributed by atoms with E-state index in [9.17, 15) is 8.42 Å². The smallest absolute Gasteiger partial charge is 0.245 e. The molecule has 1 heterocycles. The van der Waals surface area contributed by atoms with Crippen LogP contribution >= 0.6 is 0 Å². The SMILES string of the molecule is COc1ccc(OC)c(S(=O)(=O)N[C@H](c2ccccc2)c2nccn2C)c1. The maximum absolute atomic E-state index is 13.2. The van der Waals surface area contributed by atoms with Crippen molar-refractivity contribution in [3.05, 3.63) is 72.3 Å². The summed E-state index contributed by atoms with van der Waals surface area (Å²) in [4.78, 5) is 4.33. The van der Waals surface area contributed by atoms with E-state index in [0.29, 0.717) is 11.6 Å². The molecule has 3 rings (SSSR count). The molecule has 142 valence electrons. The number of hydrogen-bond acceptors (Lipinski definition) is 5. The zero-order chi connectivity index (χ0) is 19.4. The van der Waals surface area contributed by atoms with E-state index in [-0.39, 0.29) is 10.6 Å². The molecule has 0 amide bonds. The fourth-order valence-corrected chi connectivity index (χ4v) is 4.15. The molecule has 0 bridgehead atoms. The minimum absolute atomic E-state index is 0.000472. The molecule has 27 heavy (non-hydrogen) atoms. The Hall–Kier alpha value is -2.84. The molecule has 0 aliphatic carbocycles. The van der Waals surface area contributed by atoms with Crippen molar-refractivity contribution in [2.24, 2.45) is 7.05 Å². The summed E-state index contributed by atoms with van der Waals surface area (Å²) in [5.41, 5.74) is 0.775. The number of nitrogens with one attached hydrogen (secondary N) is 1. The predicted molar refractivity (Wildman–Crippen MR) is 101 cm³/mol. The van der Waals surface area contributed by atoms with Gasteiger partial charge in [0.1, 0.15) is 28.3 Å². The van der Waals surface area contributed by atoms with Gasteiger partial charge in [-0.25, -0.2) is 13.4 Å². The molecule has 1 aromatic heterocycles. The monoisotopic (exact) mass is 387 g/mol. The Morgan fingerprint density at radius 1 is 1.07 bits per heavy atom. The van der Waals surface area contributed by atoms with Crippen molar-refractivity contribution in [3.8, 4) is 11.5 Å². The highest BCUT2D eigenvalue weighted by Crippen LogP contribution is 2.30. The Labute approximate surface area is 158 Å². The molecule has 0 saturated heterocycles. The quantitative estimate of drug-likeness (QED) is 0.674. The van der Waals surface area contributed by atoms with Gasteiger partial charge in [-0.05, 0) is 17.7 Å². The molecule has 0 aliphatic heterocycles. The molecule has 0 unspecified atom stereocenters. The van der Waals surface area contributed by atoms with Crippen molar-refractivity contribution in [2.45, 2.75) is 10.9 Å². The average Bonchev–Trinajstić information content (AvgIpc) is 3.12. The number of rotatable bonds is 7. The van der Waals surface area contributed by atoms with E-state index in [4.69, 9.17) is 9.47 Å². The van der Waals surface area contributed by atoms with Crippen LogP contribution in [0.2, 0.25) is 0 Å². The predicted octanol–water partition coefficient (Wildman–Crippen LogP) is 2.51. The third-order valence-corrected chi connectivity index (χ3v) is 5.63. The number of nitrogens with zero attached hydrogens (tertiary/aromatic N) is 2. The molecular weight excluding hydrogens is 366 g/mol. The fourth-order valence-electron chi connectivity index (χ4n) is 2.78. The molecule has 0 aliphatic rings. The Morgan fingerprint density at radius 2 is 1.81 bits per heavy atom. The second-order valence-corrected chi connectivity index (χ2v) is 7.56. The number of imidazole rings is 1. The molecule has 2 aromatic carbocycles. The van der Waals surface area contributed by atoms with Gasteiger partial charge < -0.3 is 14.0 Å². The van der Waals surface area contributed by atoms with Crippen molar-refractivity contribution in [1.82, 2.24) is 14.3 Å². The van der Waals surface area contributed by atoms with Crippen LogP contribution in [0.3, 0.4) is 0 Å². The average molecular weight is 387 g/mol. The maximum Gasteiger partial charge on any atom is 0.245 e. The van der Waals surface area contributed by atoms with Crippen LogP contribution in [-0.2, 0) is 17.1 Å². The van der Waals surface area contributed by atoms with Gasteiger partial charge in [0.25, 0.3) is 0 Å². The van der Waals surface area contributed by atoms with E-state index in [2.05, 4.69) is 9.71 Å². The third-order valence-electron chi connectivity index (χ3n) is 4.18. The van der Waals surface area contributed by atoms with Crippen LogP contribution in [0.25, 0.3) is 0 Å². The fraction of sp³-hybridized carbons (Fsp3) is 0.211. The highest BCUT2D eigenvalue weighted by Gasteiger charge is 2.28. The topological polar surface area (TPSA) is 82.4 Å². The van der Waals surface area contributed by atoms with E-state index in [1.54, 1.807) is 29.1 Å². The summed E-state index contributed by atoms with van der Waals surface area (Å²) in [6.45, 7) is 0. The van der Waals surface area contributed by atoms with Gasteiger partial charge in [-0.1, -0.05) is 30.3 Å². The minimum Gasteiger partial charge on any atom is -0.497 e. The molecule has 1 atom stereocenters. The second kappa shape index (κ2) is 7.81. The van der Waals surface area contributed by atoms with Crippen LogP contribution in [-0.4, -0.2) is 32.2 Å². The van der Waals surface area contributed by atoms with Crippen molar-refractivity contribution in [3.63, 3.8) is 0 Å². The molecular formula is C19H21N3O4S. The first-order valence-electron chi connectivity index (χ1n) is 8.23. The maximum atomic E-state index is 13.2. The van der Waals surface area contributed by atoms with E-state index in [0.717, 1.165) is 5.56 Å². The molecule has 1 N–H and O–H groups in total. The lowest BCUT2D eigenvalue weighted by Gasteiger charge is -2.20. The Bertz CT molecular complexity index is 1020. The van der Waals surface area contributed by atoms with Crippen LogP contribution in [0.4, 0.5) is 0 Å². The number of aromatic nitrogens is 2. The molecule has 0 saturated carbocycles. The molecule has 0 spiro atoms. The summed E-state index contributed by atoms with van der Waals surface area (Å²) in [5.74, 6) is 1.23. The summed E-state index contributed by atoms with van der Waals surface area (Å²) in [6.07, 6.45) is 3.40. The first-order chi connectivity index (χ1) is 13.0. The number of sulfonamides is 1. The lowest BCUT2D eigenvalue weighted by atomic mass is 10.1. The van der Waals surface area contributed by atoms with Crippen LogP contribution in [0.1, 0.15) is 17.4 Å². The van der Waals surface area contributed by atoms with Crippen molar-refractivity contribution in [2.75, 3.05) is 14.2 Å². The summed E-state index contributed by atoms with van der Waals surface area (Å²) in [6, 6.07) is 13.3. The largest absolute Gasteiger partial charge is 0.497 e. The van der Waals surface area contributed by atoms with Gasteiger partial charge in [-0.2, -0.15) is 4.72 Å². The minimum atomic E-state index is -3.93. The second-order valence-electron chi connectivity index (χ2n) is 5.88. The zero-order valence-electron chi connectivity index (χ0n) is 15.3. The van der Waals surface area contributed by atoms with Gasteiger partial charge in [-0.3, -0.25) is 0 Å². The Balaban J connectivity index is 2.07. The number of ether oxygens (including phenoxy) is 2. The standard InChI is InChI=1S/C19H21N3O4S/c1-22-12-11-20-19(22)18(14-7-5-4-6-8-14)21-27(23,24)17-13-15(25-2)9-10-16(17)26-3/h4-13,18,21H,1-3H3/t18-/m1/s1. The molecule has 7 nitrogen and oxygen atoms in total. The lowest BCUT2D eigenvalue weighted by Crippen LogP contribution is -2.31. The van der Waals surface area contributed by atoms with Gasteiger partial charge in [0.15, 0.2) is 0 Å². The van der Waals surface area contributed by atoms with Crippen molar-refractivity contribution >= 4 is 10.0 Å². The third kappa shape index (κ3) is 3.96. The van der Waals surface area contributed by atoms with Gasteiger partial charge in [0.2, 0.25) is 10.0 Å². The molecule has 3 aromatic rings. The lowest BCUT2D eigenvalue weighted by molar-refractivity contribution is 0.391. The van der Waals surface area contributed by atoms with Gasteiger partial charge in [0, 0.05) is 25.5 Å². The summed E-state index contributed by atoms with van der Waals surface area (Å²) < 4.78 is 41.3. The summed E-state index contributed by atoms with van der Waals surface area (Å²) in [7, 11) is 0.787. The highest BCUT2D eigenvalue weighted by molar-refractivity contribution is 7.89. The molecule has 0 radical (unpaired) electrons. The van der Waals surface area contributed by atoms with Crippen LogP contribution < -0.4 is 14.2 Å². The summed E-state index contributed by atoms with van der Waals surface area (Å²) in [5, 5.41) is 0. The van der Waals surface area contributed by atoms with Crippen LogP contribution in [0.5, 0.6) is 11.5 Å². The number of methoxy groups -OCH3 is 2. The van der Waals surface area contributed by atoms with Crippen LogP contribution in [0, 0.1) is 0 Å². The first kappa shape index (κ1) is 18.9. The molecule has 0 fully saturated rings. The van der Waals surface area contributed by atoms with Crippen molar-refractivity contribution < 1.29 is 17.9 Å². The summed E-state index contributed by atoms with van der Waals surface area (Å²) >= 11 is 0. The Morgan fingerprint density at radius 3 is 2.41 bits per heavy atom. The van der Waals surface area contributed by atoms with E-state index in [1.807, 2.05) is 37.4 Å². The normalized spacial score (nSPS) is 12.6. The van der Waals surface area contributed by atoms with Gasteiger partial charge >= 0.3 is 0 Å². The Kier molecular flexibility index (Phi) is 5.48. The van der Waals surface area contributed by atoms with Crippen molar-refractivity contribution in [1.29, 1.82) is 0 Å². The molecule has 8 heteroatoms. The van der Waals surface area contributed by atoms with E-state index < -0.39 is 16.1 Å². The van der Waals surface area contributed by atoms with Crippen LogP contribution in [0.15, 0.2) is 65.8 Å². The highest BCUT2D eigenvalue weighted by atomic mass is 32.2. The number of aryl methyl sites for hydroxylation is 1. The van der Waals surface area contributed by atoms with E-state index >= 15 is 0 Å². The van der Waals surface area contributed by atoms with E-state index in [1.165, 1.54) is 20.3 Å². The first-order valence-corrected chi connectivity index (χ1v) is 9.71.